The number of nitrogens with one attached hydrogen (secondary N) is 7. The molecular formula is C51H66N10O18. The molecule has 18 N–H and O–H groups in total. The molecule has 0 aliphatic carbocycles. The van der Waals surface area contributed by atoms with Gasteiger partial charge in [-0.2, -0.15) is 0 Å². The van der Waals surface area contributed by atoms with Gasteiger partial charge in [0.05, 0.1) is 19.3 Å². The summed E-state index contributed by atoms with van der Waals surface area (Å²) < 4.78 is 0. The first-order valence-corrected chi connectivity index (χ1v) is 24.9. The number of primary amides is 1. The van der Waals surface area contributed by atoms with Gasteiger partial charge in [0.25, 0.3) is 0 Å². The Morgan fingerprint density at radius 1 is 0.519 bits per heavy atom. The number of benzene rings is 3. The van der Waals surface area contributed by atoms with E-state index >= 15 is 0 Å². The molecule has 79 heavy (non-hydrogen) atoms. The standard InChI is InChI=1S/C51H66N10O18/c1-26(52)43(70)59-38(24-62)48(75)60-39(25-63)50(77)61-20-2-3-40(61)49(76)57-36(22-28-6-12-31(65)13-7-28)47(74)56-35(21-27-4-10-30(64)11-5-27)46(73)55-34(17-19-42(68)69)44(71)54-33(16-18-41(53)67)45(72)58-37(51(78)79)23-29-8-14-32(66)15-9-29/h4-15,26,33-40,62-66H,2-3,16-25,52H2,1H3,(H2,53,67)(H,54,71)(H,55,73)(H,56,74)(H,57,76)(H,58,72)(H,59,70)(H,60,75)(H,68,69)(H,78,79)/t26-,33-,34-,35-,36-,37-,38-,39-,40-/m0/s1. The number of carbonyl (C=O) groups is 11. The van der Waals surface area contributed by atoms with Crippen LogP contribution < -0.4 is 48.7 Å². The van der Waals surface area contributed by atoms with E-state index in [9.17, 15) is 88.5 Å². The van der Waals surface area contributed by atoms with Crippen molar-refractivity contribution in [1.29, 1.82) is 0 Å². The van der Waals surface area contributed by atoms with E-state index in [1.54, 1.807) is 0 Å². The van der Waals surface area contributed by atoms with E-state index in [-0.39, 0.29) is 55.9 Å². The fourth-order valence-corrected chi connectivity index (χ4v) is 8.13. The molecule has 3 aromatic carbocycles. The summed E-state index contributed by atoms with van der Waals surface area (Å²) in [5, 5.41) is 85.8. The van der Waals surface area contributed by atoms with Gasteiger partial charge in [-0.25, -0.2) is 4.79 Å². The Kier molecular flexibility index (Phi) is 23.9. The summed E-state index contributed by atoms with van der Waals surface area (Å²) in [5.41, 5.74) is 11.9. The van der Waals surface area contributed by atoms with Crippen molar-refractivity contribution < 1.29 is 88.5 Å². The minimum absolute atomic E-state index is 0.0254. The monoisotopic (exact) mass is 1110 g/mol. The van der Waals surface area contributed by atoms with Crippen molar-refractivity contribution in [2.45, 2.75) is 119 Å². The maximum atomic E-state index is 14.6. The zero-order chi connectivity index (χ0) is 58.5. The fraction of sp³-hybridized carbons (Fsp3) is 0.431. The molecule has 1 fully saturated rings. The van der Waals surface area contributed by atoms with Gasteiger partial charge in [-0.1, -0.05) is 36.4 Å². The average Bonchev–Trinajstić information content (AvgIpc) is 3.91. The molecule has 0 aromatic heterocycles. The number of likely N-dealkylation sites (tertiary alicyclic amines) is 1. The topological polar surface area (TPSA) is 469 Å². The molecule has 28 nitrogen and oxygen atoms in total. The molecule has 1 aliphatic heterocycles. The summed E-state index contributed by atoms with van der Waals surface area (Å²) in [4.78, 5) is 147. The molecule has 0 saturated carbocycles. The lowest BCUT2D eigenvalue weighted by molar-refractivity contribution is -0.143. The predicted octanol–water partition coefficient (Wildman–Crippen LogP) is -4.24. The summed E-state index contributed by atoms with van der Waals surface area (Å²) in [7, 11) is 0. The van der Waals surface area contributed by atoms with Crippen LogP contribution in [0.15, 0.2) is 72.8 Å². The van der Waals surface area contributed by atoms with E-state index in [1.165, 1.54) is 79.7 Å². The minimum Gasteiger partial charge on any atom is -0.508 e. The van der Waals surface area contributed by atoms with Crippen LogP contribution in [0.2, 0.25) is 0 Å². The molecule has 0 bridgehead atoms. The number of aliphatic hydroxyl groups excluding tert-OH is 2. The summed E-state index contributed by atoms with van der Waals surface area (Å²) in [5.74, 6) is -12.4. The number of nitrogens with two attached hydrogens (primary N) is 2. The highest BCUT2D eigenvalue weighted by Gasteiger charge is 2.40. The molecule has 4 rings (SSSR count). The van der Waals surface area contributed by atoms with Crippen molar-refractivity contribution in [3.63, 3.8) is 0 Å². The smallest absolute Gasteiger partial charge is 0.326 e. The van der Waals surface area contributed by atoms with Crippen LogP contribution in [0.1, 0.15) is 62.1 Å². The quantitative estimate of drug-likeness (QED) is 0.0301. The van der Waals surface area contributed by atoms with E-state index in [2.05, 4.69) is 37.2 Å². The maximum absolute atomic E-state index is 14.6. The van der Waals surface area contributed by atoms with Gasteiger partial charge in [-0.15, -0.1) is 0 Å². The lowest BCUT2D eigenvalue weighted by atomic mass is 10.0. The number of aromatic hydroxyl groups is 3. The second-order valence-corrected chi connectivity index (χ2v) is 18.7. The second kappa shape index (κ2) is 30.2. The number of aliphatic hydroxyl groups is 2. The van der Waals surface area contributed by atoms with Gasteiger partial charge in [-0.05, 0) is 85.7 Å². The molecule has 9 atom stereocenters. The van der Waals surface area contributed by atoms with Gasteiger partial charge in [0.2, 0.25) is 53.2 Å². The van der Waals surface area contributed by atoms with Crippen molar-refractivity contribution >= 4 is 65.1 Å². The van der Waals surface area contributed by atoms with Gasteiger partial charge < -0.3 is 89.3 Å². The van der Waals surface area contributed by atoms with Gasteiger partial charge in [0.15, 0.2) is 0 Å². The first-order chi connectivity index (χ1) is 37.4. The molecule has 0 radical (unpaired) electrons. The number of rotatable bonds is 30. The van der Waals surface area contributed by atoms with Crippen LogP contribution in [0.4, 0.5) is 0 Å². The zero-order valence-corrected chi connectivity index (χ0v) is 42.8. The molecular weight excluding hydrogens is 1040 g/mol. The van der Waals surface area contributed by atoms with E-state index in [0.717, 1.165) is 4.90 Å². The summed E-state index contributed by atoms with van der Waals surface area (Å²) >= 11 is 0. The number of carboxylic acids is 2. The van der Waals surface area contributed by atoms with E-state index in [4.69, 9.17) is 11.5 Å². The van der Waals surface area contributed by atoms with Crippen LogP contribution in [-0.2, 0) is 72.0 Å². The van der Waals surface area contributed by atoms with Crippen LogP contribution in [0.5, 0.6) is 17.2 Å². The van der Waals surface area contributed by atoms with Crippen molar-refractivity contribution in [3.8, 4) is 17.2 Å². The molecule has 0 spiro atoms. The fourth-order valence-electron chi connectivity index (χ4n) is 8.13. The van der Waals surface area contributed by atoms with Crippen LogP contribution >= 0.6 is 0 Å². The Morgan fingerprint density at radius 2 is 0.886 bits per heavy atom. The first kappa shape index (κ1) is 62.6. The lowest BCUT2D eigenvalue weighted by Crippen LogP contribution is -2.61. The highest BCUT2D eigenvalue weighted by molar-refractivity contribution is 5.98. The normalized spacial score (nSPS) is 15.9. The SMILES string of the molecule is C[C@H](N)C(=O)N[C@@H](CO)C(=O)N[C@@H](CO)C(=O)N1CCC[C@H]1C(=O)N[C@@H](Cc1ccc(O)cc1)C(=O)N[C@@H](Cc1ccc(O)cc1)C(=O)N[C@@H](CCC(=O)O)C(=O)N[C@@H](CCC(N)=O)C(=O)N[C@@H](Cc1ccc(O)cc1)C(=O)O. The van der Waals surface area contributed by atoms with Gasteiger partial charge in [0.1, 0.15) is 65.6 Å². The molecule has 1 aliphatic rings. The Hall–Kier alpha value is -8.89. The highest BCUT2D eigenvalue weighted by atomic mass is 16.4. The molecule has 428 valence electrons. The van der Waals surface area contributed by atoms with Crippen LogP contribution in [0, 0.1) is 0 Å². The average molecular weight is 1110 g/mol. The number of carbonyl (C=O) groups excluding carboxylic acids is 9. The Bertz CT molecular complexity index is 2660. The Balaban J connectivity index is 1.63. The third-order valence-electron chi connectivity index (χ3n) is 12.5. The largest absolute Gasteiger partial charge is 0.508 e. The number of nitrogens with zero attached hydrogens (tertiary/aromatic N) is 1. The van der Waals surface area contributed by atoms with Gasteiger partial charge in [-0.3, -0.25) is 47.9 Å². The third-order valence-corrected chi connectivity index (χ3v) is 12.5. The number of hydrogen-bond donors (Lipinski definition) is 16. The number of aliphatic carboxylic acids is 2. The van der Waals surface area contributed by atoms with Crippen molar-refractivity contribution in [2.24, 2.45) is 11.5 Å². The first-order valence-electron chi connectivity index (χ1n) is 24.9. The molecule has 1 saturated heterocycles. The number of carboxylic acid groups (broad SMARTS) is 2. The van der Waals surface area contributed by atoms with Crippen LogP contribution in [0.25, 0.3) is 0 Å². The van der Waals surface area contributed by atoms with E-state index in [1.807, 2.05) is 0 Å². The molecule has 3 aromatic rings. The van der Waals surface area contributed by atoms with Gasteiger partial charge >= 0.3 is 11.9 Å². The predicted molar refractivity (Wildman–Crippen MR) is 274 cm³/mol. The van der Waals surface area contributed by atoms with E-state index < -0.39 is 158 Å². The number of phenols is 3. The summed E-state index contributed by atoms with van der Waals surface area (Å²) in [6.07, 6.45) is -3.09. The van der Waals surface area contributed by atoms with Crippen molar-refractivity contribution in [1.82, 2.24) is 42.1 Å². The zero-order valence-electron chi connectivity index (χ0n) is 42.8. The summed E-state index contributed by atoms with van der Waals surface area (Å²) in [6, 6.07) is 2.19. The highest BCUT2D eigenvalue weighted by Crippen LogP contribution is 2.21. The molecule has 1 heterocycles. The number of hydrogen-bond acceptors (Lipinski definition) is 17. The Labute approximate surface area is 451 Å². The van der Waals surface area contributed by atoms with Crippen LogP contribution in [0.3, 0.4) is 0 Å². The molecule has 9 amide bonds. The minimum atomic E-state index is -1.80. The van der Waals surface area contributed by atoms with Crippen molar-refractivity contribution in [3.05, 3.63) is 89.5 Å². The van der Waals surface area contributed by atoms with Crippen molar-refractivity contribution in [2.75, 3.05) is 19.8 Å². The summed E-state index contributed by atoms with van der Waals surface area (Å²) in [6.45, 7) is -0.623. The van der Waals surface area contributed by atoms with Gasteiger partial charge in [0, 0.05) is 38.6 Å². The lowest BCUT2D eigenvalue weighted by Gasteiger charge is -2.30. The third kappa shape index (κ3) is 19.9. The molecule has 0 unspecified atom stereocenters. The Morgan fingerprint density at radius 3 is 1.30 bits per heavy atom. The maximum Gasteiger partial charge on any atom is 0.326 e. The number of amides is 9. The molecule has 28 heteroatoms. The number of phenolic OH excluding ortho intramolecular Hbond substituents is 3. The van der Waals surface area contributed by atoms with Crippen LogP contribution in [-0.4, -0.2) is 180 Å². The van der Waals surface area contributed by atoms with E-state index in [0.29, 0.717) is 16.7 Å². The second-order valence-electron chi connectivity index (χ2n) is 18.7.